The lowest BCUT2D eigenvalue weighted by Crippen LogP contribution is -2.17. The van der Waals surface area contributed by atoms with Crippen LogP contribution in [0.1, 0.15) is 40.4 Å². The predicted octanol–water partition coefficient (Wildman–Crippen LogP) is 3.58. The van der Waals surface area contributed by atoms with E-state index in [-0.39, 0.29) is 17.4 Å². The van der Waals surface area contributed by atoms with Crippen LogP contribution >= 0.6 is 0 Å². The van der Waals surface area contributed by atoms with Gasteiger partial charge in [0, 0.05) is 5.69 Å². The molecule has 0 spiro atoms. The Kier molecular flexibility index (Phi) is 3.52. The molecule has 0 aliphatic heterocycles. The first-order valence-corrected chi connectivity index (χ1v) is 7.05. The van der Waals surface area contributed by atoms with Crippen molar-refractivity contribution in [1.82, 2.24) is 0 Å². The highest BCUT2D eigenvalue weighted by Gasteiger charge is 2.20. The van der Waals surface area contributed by atoms with Crippen LogP contribution in [-0.4, -0.2) is 16.2 Å². The molecule has 0 bridgehead atoms. The normalized spacial score (nSPS) is 17.0. The van der Waals surface area contributed by atoms with Crippen LogP contribution in [-0.2, 0) is 6.42 Å². The smallest absolute Gasteiger partial charge is 0.335 e. The van der Waals surface area contributed by atoms with E-state index in [1.54, 1.807) is 30.3 Å². The molecule has 3 rings (SSSR count). The Morgan fingerprint density at radius 1 is 1.19 bits per heavy atom. The monoisotopic (exact) mass is 283 g/mol. The number of aryl methyl sites for hydroxylation is 1. The lowest BCUT2D eigenvalue weighted by Gasteiger charge is -2.27. The number of nitrogens with one attached hydrogen (secondary N) is 1. The van der Waals surface area contributed by atoms with Gasteiger partial charge in [0.15, 0.2) is 0 Å². The summed E-state index contributed by atoms with van der Waals surface area (Å²) >= 11 is 0. The third-order valence-electron chi connectivity index (χ3n) is 3.89. The third-order valence-corrected chi connectivity index (χ3v) is 3.89. The highest BCUT2D eigenvalue weighted by atomic mass is 16.4. The van der Waals surface area contributed by atoms with E-state index in [0.29, 0.717) is 0 Å². The molecule has 2 aromatic rings. The number of carboxylic acid groups (broad SMARTS) is 1. The second-order valence-corrected chi connectivity index (χ2v) is 5.36. The fraction of sp³-hybridized carbons (Fsp3) is 0.235. The van der Waals surface area contributed by atoms with E-state index in [4.69, 9.17) is 5.11 Å². The molecule has 108 valence electrons. The van der Waals surface area contributed by atoms with E-state index in [1.807, 2.05) is 12.1 Å². The second kappa shape index (κ2) is 5.48. The van der Waals surface area contributed by atoms with Crippen molar-refractivity contribution in [2.75, 3.05) is 5.32 Å². The molecule has 4 heteroatoms. The van der Waals surface area contributed by atoms with E-state index in [0.717, 1.165) is 30.5 Å². The summed E-state index contributed by atoms with van der Waals surface area (Å²) in [5.74, 6) is -0.665. The summed E-state index contributed by atoms with van der Waals surface area (Å²) in [6.07, 6.45) is 3.06. The number of anilines is 1. The van der Waals surface area contributed by atoms with Crippen LogP contribution in [0.15, 0.2) is 42.5 Å². The fourth-order valence-electron chi connectivity index (χ4n) is 2.88. The first-order chi connectivity index (χ1) is 10.1. The minimum Gasteiger partial charge on any atom is -0.508 e. The van der Waals surface area contributed by atoms with E-state index >= 15 is 0 Å². The van der Waals surface area contributed by atoms with Gasteiger partial charge in [0.2, 0.25) is 0 Å². The van der Waals surface area contributed by atoms with Gasteiger partial charge in [-0.05, 0) is 60.7 Å². The Bertz CT molecular complexity index is 681. The van der Waals surface area contributed by atoms with Gasteiger partial charge in [0.05, 0.1) is 11.6 Å². The Balaban J connectivity index is 1.88. The van der Waals surface area contributed by atoms with Crippen molar-refractivity contribution in [3.05, 3.63) is 59.2 Å². The van der Waals surface area contributed by atoms with Crippen LogP contribution in [0.25, 0.3) is 0 Å². The molecule has 0 radical (unpaired) electrons. The first kappa shape index (κ1) is 13.5. The van der Waals surface area contributed by atoms with Crippen molar-refractivity contribution in [3.63, 3.8) is 0 Å². The standard InChI is InChI=1S/C17H17NO3/c19-14-8-7-11-3-2-6-16(15(11)10-14)18-13-5-1-4-12(9-13)17(20)21/h1,4-5,7-10,16,18-19H,2-3,6H2,(H,20,21). The molecule has 0 aromatic heterocycles. The summed E-state index contributed by atoms with van der Waals surface area (Å²) in [4.78, 5) is 11.0. The maximum absolute atomic E-state index is 11.0. The van der Waals surface area contributed by atoms with Crippen LogP contribution < -0.4 is 5.32 Å². The van der Waals surface area contributed by atoms with Crippen molar-refractivity contribution < 1.29 is 15.0 Å². The number of phenols is 1. The summed E-state index contributed by atoms with van der Waals surface area (Å²) < 4.78 is 0. The average molecular weight is 283 g/mol. The Morgan fingerprint density at radius 2 is 2.05 bits per heavy atom. The van der Waals surface area contributed by atoms with E-state index in [1.165, 1.54) is 5.56 Å². The van der Waals surface area contributed by atoms with E-state index in [2.05, 4.69) is 5.32 Å². The highest BCUT2D eigenvalue weighted by Crippen LogP contribution is 2.34. The van der Waals surface area contributed by atoms with E-state index in [9.17, 15) is 9.90 Å². The molecule has 0 saturated carbocycles. The van der Waals surface area contributed by atoms with Gasteiger partial charge >= 0.3 is 5.97 Å². The van der Waals surface area contributed by atoms with Gasteiger partial charge in [-0.2, -0.15) is 0 Å². The minimum absolute atomic E-state index is 0.102. The molecule has 1 aliphatic carbocycles. The van der Waals surface area contributed by atoms with Crippen molar-refractivity contribution in [1.29, 1.82) is 0 Å². The number of aromatic carboxylic acids is 1. The van der Waals surface area contributed by atoms with Crippen molar-refractivity contribution >= 4 is 11.7 Å². The van der Waals surface area contributed by atoms with Crippen LogP contribution in [0, 0.1) is 0 Å². The lowest BCUT2D eigenvalue weighted by atomic mass is 9.87. The molecule has 3 N–H and O–H groups in total. The number of aromatic hydroxyl groups is 1. The molecule has 0 fully saturated rings. The van der Waals surface area contributed by atoms with Gasteiger partial charge in [-0.3, -0.25) is 0 Å². The number of fused-ring (bicyclic) bond motifs is 1. The Hall–Kier alpha value is -2.49. The largest absolute Gasteiger partial charge is 0.508 e. The Morgan fingerprint density at radius 3 is 2.86 bits per heavy atom. The maximum atomic E-state index is 11.0. The molecule has 2 aromatic carbocycles. The van der Waals surface area contributed by atoms with Crippen LogP contribution in [0.5, 0.6) is 5.75 Å². The average Bonchev–Trinajstić information content (AvgIpc) is 2.48. The fourth-order valence-corrected chi connectivity index (χ4v) is 2.88. The zero-order valence-electron chi connectivity index (χ0n) is 11.5. The zero-order valence-corrected chi connectivity index (χ0v) is 11.5. The number of hydrogen-bond acceptors (Lipinski definition) is 3. The summed E-state index contributed by atoms with van der Waals surface area (Å²) in [7, 11) is 0. The van der Waals surface area contributed by atoms with Crippen LogP contribution in [0.4, 0.5) is 5.69 Å². The number of phenolic OH excluding ortho intramolecular Hbond substituents is 1. The summed E-state index contributed by atoms with van der Waals surface area (Å²) in [6, 6.07) is 12.4. The molecule has 0 amide bonds. The van der Waals surface area contributed by atoms with Gasteiger partial charge in [0.25, 0.3) is 0 Å². The molecule has 4 nitrogen and oxygen atoms in total. The molecule has 0 heterocycles. The summed E-state index contributed by atoms with van der Waals surface area (Å²) in [6.45, 7) is 0. The van der Waals surface area contributed by atoms with Gasteiger partial charge in [0.1, 0.15) is 5.75 Å². The van der Waals surface area contributed by atoms with Gasteiger partial charge in [-0.15, -0.1) is 0 Å². The van der Waals surface area contributed by atoms with Crippen molar-refractivity contribution in [2.24, 2.45) is 0 Å². The minimum atomic E-state index is -0.930. The van der Waals surface area contributed by atoms with Crippen molar-refractivity contribution in [3.8, 4) is 5.75 Å². The van der Waals surface area contributed by atoms with Gasteiger partial charge < -0.3 is 15.5 Å². The molecular formula is C17H17NO3. The SMILES string of the molecule is O=C(O)c1cccc(NC2CCCc3ccc(O)cc32)c1. The molecule has 21 heavy (non-hydrogen) atoms. The highest BCUT2D eigenvalue weighted by molar-refractivity contribution is 5.88. The predicted molar refractivity (Wildman–Crippen MR) is 80.8 cm³/mol. The molecule has 1 unspecified atom stereocenters. The van der Waals surface area contributed by atoms with Crippen LogP contribution in [0.2, 0.25) is 0 Å². The van der Waals surface area contributed by atoms with Crippen molar-refractivity contribution in [2.45, 2.75) is 25.3 Å². The zero-order chi connectivity index (χ0) is 14.8. The number of carboxylic acids is 1. The maximum Gasteiger partial charge on any atom is 0.335 e. The number of hydrogen-bond donors (Lipinski definition) is 3. The first-order valence-electron chi connectivity index (χ1n) is 7.05. The number of benzene rings is 2. The molecule has 1 atom stereocenters. The topological polar surface area (TPSA) is 69.6 Å². The number of carbonyl (C=O) groups is 1. The molecule has 1 aliphatic rings. The summed E-state index contributed by atoms with van der Waals surface area (Å²) in [5.41, 5.74) is 3.40. The second-order valence-electron chi connectivity index (χ2n) is 5.36. The number of rotatable bonds is 3. The van der Waals surface area contributed by atoms with E-state index < -0.39 is 5.97 Å². The van der Waals surface area contributed by atoms with Crippen LogP contribution in [0.3, 0.4) is 0 Å². The molecular weight excluding hydrogens is 266 g/mol. The third kappa shape index (κ3) is 2.84. The molecule has 0 saturated heterocycles. The summed E-state index contributed by atoms with van der Waals surface area (Å²) in [5, 5.41) is 22.1. The van der Waals surface area contributed by atoms with Gasteiger partial charge in [-0.1, -0.05) is 12.1 Å². The lowest BCUT2D eigenvalue weighted by molar-refractivity contribution is 0.0697. The quantitative estimate of drug-likeness (QED) is 0.805. The Labute approximate surface area is 123 Å². The van der Waals surface area contributed by atoms with Gasteiger partial charge in [-0.25, -0.2) is 4.79 Å².